The molecule has 0 amide bonds. The Morgan fingerprint density at radius 2 is 1.15 bits per heavy atom. The molecule has 0 aliphatic heterocycles. The van der Waals surface area contributed by atoms with Crippen LogP contribution in [-0.2, 0) is 0 Å². The molecule has 0 spiro atoms. The highest BCUT2D eigenvalue weighted by atomic mass is 14.4. The van der Waals surface area contributed by atoms with Crippen molar-refractivity contribution in [2.24, 2.45) is 41.4 Å². The zero-order valence-corrected chi connectivity index (χ0v) is 19.1. The van der Waals surface area contributed by atoms with Crippen LogP contribution in [0.5, 0.6) is 0 Å². The van der Waals surface area contributed by atoms with Gasteiger partial charge in [-0.2, -0.15) is 0 Å². The maximum Gasteiger partial charge on any atom is -0.0380 e. The summed E-state index contributed by atoms with van der Waals surface area (Å²) in [7, 11) is 0. The molecule has 0 radical (unpaired) electrons. The Morgan fingerprint density at radius 3 is 1.67 bits per heavy atom. The van der Waals surface area contributed by atoms with E-state index >= 15 is 0 Å². The quantitative estimate of drug-likeness (QED) is 0.397. The van der Waals surface area contributed by atoms with E-state index in [4.69, 9.17) is 0 Å². The Hall–Kier alpha value is 0. The van der Waals surface area contributed by atoms with Crippen LogP contribution in [0.25, 0.3) is 0 Å². The number of rotatable bonds is 8. The van der Waals surface area contributed by atoms with Crippen molar-refractivity contribution in [1.82, 2.24) is 0 Å². The van der Waals surface area contributed by atoms with Gasteiger partial charge in [0.1, 0.15) is 0 Å². The molecule has 3 aliphatic carbocycles. The maximum absolute atomic E-state index is 2.42. The minimum atomic E-state index is 1.04. The van der Waals surface area contributed by atoms with Crippen molar-refractivity contribution >= 4 is 0 Å². The summed E-state index contributed by atoms with van der Waals surface area (Å²) < 4.78 is 0. The van der Waals surface area contributed by atoms with Crippen LogP contribution < -0.4 is 0 Å². The lowest BCUT2D eigenvalue weighted by molar-refractivity contribution is 0.0442. The van der Waals surface area contributed by atoms with E-state index in [1.807, 2.05) is 0 Å². The fraction of sp³-hybridized carbons (Fsp3) is 1.00. The fourth-order valence-electron chi connectivity index (χ4n) is 7.64. The van der Waals surface area contributed by atoms with Gasteiger partial charge in [0.25, 0.3) is 0 Å². The lowest BCUT2D eigenvalue weighted by Crippen LogP contribution is -2.36. The second-order valence-corrected chi connectivity index (χ2v) is 10.9. The molecule has 27 heavy (non-hydrogen) atoms. The number of hydrogen-bond donors (Lipinski definition) is 0. The van der Waals surface area contributed by atoms with E-state index in [9.17, 15) is 0 Å². The molecule has 0 bridgehead atoms. The molecule has 0 aromatic rings. The van der Waals surface area contributed by atoms with Crippen molar-refractivity contribution in [3.05, 3.63) is 0 Å². The van der Waals surface area contributed by atoms with E-state index in [2.05, 4.69) is 20.8 Å². The summed E-state index contributed by atoms with van der Waals surface area (Å²) in [4.78, 5) is 0. The van der Waals surface area contributed by atoms with Gasteiger partial charge in [-0.25, -0.2) is 0 Å². The minimum absolute atomic E-state index is 1.04. The Labute approximate surface area is 171 Å². The molecule has 0 aromatic heterocycles. The van der Waals surface area contributed by atoms with Crippen LogP contribution in [-0.4, -0.2) is 0 Å². The normalized spacial score (nSPS) is 36.2. The van der Waals surface area contributed by atoms with E-state index in [1.165, 1.54) is 51.4 Å². The monoisotopic (exact) mass is 374 g/mol. The predicted molar refractivity (Wildman–Crippen MR) is 120 cm³/mol. The molecular weight excluding hydrogens is 324 g/mol. The summed E-state index contributed by atoms with van der Waals surface area (Å²) in [6, 6.07) is 0. The van der Waals surface area contributed by atoms with E-state index in [-0.39, 0.29) is 0 Å². The molecule has 0 aromatic carbocycles. The van der Waals surface area contributed by atoms with Crippen LogP contribution in [0.2, 0.25) is 0 Å². The van der Waals surface area contributed by atoms with E-state index in [0.717, 1.165) is 41.4 Å². The Kier molecular flexibility index (Phi) is 9.05. The molecule has 158 valence electrons. The summed E-state index contributed by atoms with van der Waals surface area (Å²) in [5.41, 5.74) is 0. The molecule has 0 heteroatoms. The van der Waals surface area contributed by atoms with Crippen LogP contribution in [0.15, 0.2) is 0 Å². The minimum Gasteiger partial charge on any atom is -0.0654 e. The zero-order chi connectivity index (χ0) is 19.1. The van der Waals surface area contributed by atoms with Crippen molar-refractivity contribution in [2.75, 3.05) is 0 Å². The Balaban J connectivity index is 1.67. The van der Waals surface area contributed by atoms with Gasteiger partial charge in [0.05, 0.1) is 0 Å². The molecule has 3 fully saturated rings. The van der Waals surface area contributed by atoms with Gasteiger partial charge in [-0.15, -0.1) is 0 Å². The summed E-state index contributed by atoms with van der Waals surface area (Å²) in [5.74, 6) is 7.53. The van der Waals surface area contributed by atoms with Gasteiger partial charge in [0, 0.05) is 0 Å². The molecule has 0 saturated heterocycles. The predicted octanol–water partition coefficient (Wildman–Crippen LogP) is 9.03. The third-order valence-corrected chi connectivity index (χ3v) is 9.25. The average molecular weight is 375 g/mol. The SMILES string of the molecule is CCCC(CCC)C1CC(C2CCCCC2)CC(C2CCC(CC)CC2)C1. The number of hydrogen-bond acceptors (Lipinski definition) is 0. The molecule has 0 N–H and O–H groups in total. The topological polar surface area (TPSA) is 0 Å². The zero-order valence-electron chi connectivity index (χ0n) is 19.1. The first-order valence-corrected chi connectivity index (χ1v) is 13.2. The van der Waals surface area contributed by atoms with Crippen molar-refractivity contribution < 1.29 is 0 Å². The van der Waals surface area contributed by atoms with Gasteiger partial charge < -0.3 is 0 Å². The largest absolute Gasteiger partial charge is 0.0654 e. The molecule has 3 unspecified atom stereocenters. The van der Waals surface area contributed by atoms with Crippen LogP contribution in [0.4, 0.5) is 0 Å². The first kappa shape index (κ1) is 21.7. The van der Waals surface area contributed by atoms with E-state index in [0.29, 0.717) is 0 Å². The molecule has 0 heterocycles. The van der Waals surface area contributed by atoms with Crippen molar-refractivity contribution in [2.45, 2.75) is 130 Å². The molecule has 3 atom stereocenters. The second-order valence-electron chi connectivity index (χ2n) is 10.9. The summed E-state index contributed by atoms with van der Waals surface area (Å²) in [6.45, 7) is 7.27. The van der Waals surface area contributed by atoms with Gasteiger partial charge in [0.15, 0.2) is 0 Å². The van der Waals surface area contributed by atoms with Crippen molar-refractivity contribution in [1.29, 1.82) is 0 Å². The molecule has 0 nitrogen and oxygen atoms in total. The maximum atomic E-state index is 2.42. The Bertz CT molecular complexity index is 379. The smallest absolute Gasteiger partial charge is 0.0380 e. The highest BCUT2D eigenvalue weighted by Gasteiger charge is 2.39. The summed E-state index contributed by atoms with van der Waals surface area (Å²) >= 11 is 0. The summed E-state index contributed by atoms with van der Waals surface area (Å²) in [5, 5.41) is 0. The van der Waals surface area contributed by atoms with E-state index < -0.39 is 0 Å². The highest BCUT2D eigenvalue weighted by Crippen LogP contribution is 2.50. The summed E-state index contributed by atoms with van der Waals surface area (Å²) in [6.07, 6.45) is 26.0. The van der Waals surface area contributed by atoms with Crippen molar-refractivity contribution in [3.63, 3.8) is 0 Å². The Morgan fingerprint density at radius 1 is 0.593 bits per heavy atom. The lowest BCUT2D eigenvalue weighted by Gasteiger charge is -2.46. The first-order chi connectivity index (χ1) is 13.2. The van der Waals surface area contributed by atoms with Gasteiger partial charge in [-0.1, -0.05) is 97.8 Å². The highest BCUT2D eigenvalue weighted by molar-refractivity contribution is 4.90. The van der Waals surface area contributed by atoms with Crippen LogP contribution in [0.3, 0.4) is 0 Å². The van der Waals surface area contributed by atoms with Gasteiger partial charge in [-0.3, -0.25) is 0 Å². The van der Waals surface area contributed by atoms with Gasteiger partial charge in [0.2, 0.25) is 0 Å². The first-order valence-electron chi connectivity index (χ1n) is 13.2. The second kappa shape index (κ2) is 11.3. The lowest BCUT2D eigenvalue weighted by atomic mass is 9.59. The van der Waals surface area contributed by atoms with Crippen LogP contribution in [0, 0.1) is 41.4 Å². The van der Waals surface area contributed by atoms with Crippen LogP contribution in [0.1, 0.15) is 130 Å². The molecule has 3 rings (SSSR count). The molecule has 3 saturated carbocycles. The third kappa shape index (κ3) is 5.99. The van der Waals surface area contributed by atoms with Crippen LogP contribution >= 0.6 is 0 Å². The standard InChI is InChI=1S/C27H50/c1-4-10-22(11-5-2)25-18-26(23-12-8-7-9-13-23)20-27(19-25)24-16-14-21(6-3)15-17-24/h21-27H,4-20H2,1-3H3. The average Bonchev–Trinajstić information content (AvgIpc) is 2.74. The molecular formula is C27H50. The van der Waals surface area contributed by atoms with Gasteiger partial charge in [-0.05, 0) is 73.5 Å². The molecule has 3 aliphatic rings. The van der Waals surface area contributed by atoms with Gasteiger partial charge >= 0.3 is 0 Å². The van der Waals surface area contributed by atoms with Crippen molar-refractivity contribution in [3.8, 4) is 0 Å². The van der Waals surface area contributed by atoms with E-state index in [1.54, 1.807) is 57.8 Å². The fourth-order valence-corrected chi connectivity index (χ4v) is 7.64. The third-order valence-electron chi connectivity index (χ3n) is 9.25.